The van der Waals surface area contributed by atoms with Crippen molar-refractivity contribution in [1.29, 1.82) is 0 Å². The van der Waals surface area contributed by atoms with Crippen LogP contribution in [0.25, 0.3) is 0 Å². The van der Waals surface area contributed by atoms with Gasteiger partial charge in [-0.3, -0.25) is 4.79 Å². The Hall–Kier alpha value is -0.304. The van der Waals surface area contributed by atoms with Gasteiger partial charge in [-0.1, -0.05) is 0 Å². The van der Waals surface area contributed by atoms with Crippen molar-refractivity contribution in [2.24, 2.45) is 0 Å². The Kier molecular flexibility index (Phi) is 8.03. The maximum atomic E-state index is 11.3. The number of ketones is 1. The third-order valence-corrected chi connectivity index (χ3v) is 1.55. The summed E-state index contributed by atoms with van der Waals surface area (Å²) in [5, 5.41) is 9.02. The topological polar surface area (TPSA) is 72.8 Å². The van der Waals surface area contributed by atoms with E-state index >= 15 is 0 Å². The zero-order chi connectivity index (χ0) is 12.2. The van der Waals surface area contributed by atoms with E-state index in [0.29, 0.717) is 0 Å². The van der Waals surface area contributed by atoms with Crippen molar-refractivity contribution in [2.75, 3.05) is 0 Å². The van der Waals surface area contributed by atoms with Crippen LogP contribution < -0.4 is 0 Å². The van der Waals surface area contributed by atoms with Crippen LogP contribution in [0.5, 0.6) is 0 Å². The average molecular weight is 291 g/mol. The number of ether oxygens (including phenoxy) is 2. The molecule has 0 atom stereocenters. The van der Waals surface area contributed by atoms with Crippen molar-refractivity contribution >= 4 is 31.5 Å². The van der Waals surface area contributed by atoms with Gasteiger partial charge in [0.2, 0.25) is 5.78 Å². The molecule has 0 heterocycles. The van der Waals surface area contributed by atoms with Crippen molar-refractivity contribution in [1.82, 2.24) is 0 Å². The molecule has 0 fully saturated rings. The Morgan fingerprint density at radius 3 is 1.50 bits per heavy atom. The van der Waals surface area contributed by atoms with Crippen LogP contribution >= 0.6 is 0 Å². The molecule has 5 nitrogen and oxygen atoms in total. The monoisotopic (exact) mass is 290 g/mol. The van der Waals surface area contributed by atoms with Crippen LogP contribution in [0.1, 0.15) is 34.6 Å². The summed E-state index contributed by atoms with van der Waals surface area (Å²) in [7, 11) is 0. The first-order chi connectivity index (χ1) is 6.72. The molecule has 0 spiro atoms. The van der Waals surface area contributed by atoms with E-state index in [1.54, 1.807) is 27.7 Å². The quantitative estimate of drug-likeness (QED) is 0.424. The molecule has 0 saturated heterocycles. The number of Topliss-reactive ketones (excluding diaryl/α,β-unsaturated/α-hetero) is 1. The number of hydrogen-bond acceptors (Lipinski definition) is 4. The fourth-order valence-electron chi connectivity index (χ4n) is 1.11. The first-order valence-corrected chi connectivity index (χ1v) is 4.82. The minimum atomic E-state index is -2.18. The van der Waals surface area contributed by atoms with E-state index < -0.39 is 29.7 Å². The number of carboxylic acids is 1. The first kappa shape index (κ1) is 18.1. The van der Waals surface area contributed by atoms with Crippen molar-refractivity contribution in [3.63, 3.8) is 0 Å². The van der Waals surface area contributed by atoms with Crippen LogP contribution in [0.4, 0.5) is 0 Å². The average Bonchev–Trinajstić information content (AvgIpc) is 1.99. The van der Waals surface area contributed by atoms with Crippen molar-refractivity contribution in [3.05, 3.63) is 0 Å². The van der Waals surface area contributed by atoms with Gasteiger partial charge in [-0.15, -0.1) is 0 Å². The minimum absolute atomic E-state index is 0. The maximum absolute atomic E-state index is 11.3. The fourth-order valence-corrected chi connectivity index (χ4v) is 1.11. The van der Waals surface area contributed by atoms with Crippen LogP contribution in [0.2, 0.25) is 0 Å². The number of rotatable bonds is 6. The molecule has 0 aromatic carbocycles. The van der Waals surface area contributed by atoms with Gasteiger partial charge in [0.25, 0.3) is 0 Å². The van der Waals surface area contributed by atoms with Gasteiger partial charge < -0.3 is 14.6 Å². The van der Waals surface area contributed by atoms with Gasteiger partial charge in [0.15, 0.2) is 0 Å². The Labute approximate surface area is 109 Å². The summed E-state index contributed by atoms with van der Waals surface area (Å²) in [6.07, 6.45) is -0.826. The van der Waals surface area contributed by atoms with E-state index in [4.69, 9.17) is 14.6 Å². The van der Waals surface area contributed by atoms with Crippen molar-refractivity contribution in [3.8, 4) is 0 Å². The van der Waals surface area contributed by atoms with Gasteiger partial charge in [-0.05, 0) is 27.7 Å². The second-order valence-corrected chi connectivity index (χ2v) is 3.81. The SMILES string of the molecule is CC(=O)C(OC(C)C)(OC(C)C)C(=O)O.[GaH3]. The van der Waals surface area contributed by atoms with Gasteiger partial charge in [0, 0.05) is 6.92 Å². The summed E-state index contributed by atoms with van der Waals surface area (Å²) in [6.45, 7) is 7.71. The molecule has 0 unspecified atom stereocenters. The van der Waals surface area contributed by atoms with Crippen LogP contribution in [0.3, 0.4) is 0 Å². The van der Waals surface area contributed by atoms with Crippen molar-refractivity contribution < 1.29 is 24.2 Å². The molecule has 0 aliphatic carbocycles. The van der Waals surface area contributed by atoms with Gasteiger partial charge in [0.05, 0.1) is 12.2 Å². The van der Waals surface area contributed by atoms with Crippen LogP contribution in [0, 0.1) is 0 Å². The molecule has 0 aliphatic heterocycles. The van der Waals surface area contributed by atoms with Crippen molar-refractivity contribution in [2.45, 2.75) is 52.6 Å². The number of carboxylic acid groups (broad SMARTS) is 1. The van der Waals surface area contributed by atoms with E-state index in [1.807, 2.05) is 0 Å². The second kappa shape index (κ2) is 7.11. The Morgan fingerprint density at radius 1 is 1.06 bits per heavy atom. The summed E-state index contributed by atoms with van der Waals surface area (Å²) in [4.78, 5) is 22.4. The molecular weight excluding hydrogens is 270 g/mol. The molecule has 0 saturated carbocycles. The Morgan fingerprint density at radius 2 is 1.38 bits per heavy atom. The molecule has 0 radical (unpaired) electrons. The predicted molar refractivity (Wildman–Crippen MR) is 63.4 cm³/mol. The van der Waals surface area contributed by atoms with Gasteiger partial charge in [0.1, 0.15) is 0 Å². The fraction of sp³-hybridized carbons (Fsp3) is 0.800. The molecule has 94 valence electrons. The van der Waals surface area contributed by atoms with E-state index in [2.05, 4.69) is 0 Å². The zero-order valence-electron chi connectivity index (χ0n) is 9.73. The van der Waals surface area contributed by atoms with Gasteiger partial charge in [-0.2, -0.15) is 0 Å². The van der Waals surface area contributed by atoms with E-state index in [0.717, 1.165) is 6.92 Å². The molecule has 0 amide bonds. The molecule has 1 N–H and O–H groups in total. The first-order valence-electron chi connectivity index (χ1n) is 4.82. The molecule has 16 heavy (non-hydrogen) atoms. The Bertz CT molecular complexity index is 224. The molecule has 0 aromatic heterocycles. The van der Waals surface area contributed by atoms with Crippen LogP contribution in [0.15, 0.2) is 0 Å². The number of aliphatic carboxylic acids is 1. The van der Waals surface area contributed by atoms with E-state index in [-0.39, 0.29) is 19.8 Å². The summed E-state index contributed by atoms with van der Waals surface area (Å²) in [6, 6.07) is 0. The third-order valence-electron chi connectivity index (χ3n) is 1.55. The predicted octanol–water partition coefficient (Wildman–Crippen LogP) is 0.0224. The number of carbonyl (C=O) groups is 2. The molecule has 0 rings (SSSR count). The number of hydrogen-bond donors (Lipinski definition) is 1. The molecule has 6 heteroatoms. The molecule has 0 aliphatic rings. The summed E-state index contributed by atoms with van der Waals surface area (Å²) in [5.74, 6) is -4.27. The summed E-state index contributed by atoms with van der Waals surface area (Å²) < 4.78 is 10.2. The Balaban J connectivity index is 0. The van der Waals surface area contributed by atoms with Gasteiger partial charge >= 0.3 is 31.5 Å². The van der Waals surface area contributed by atoms with E-state index in [1.165, 1.54) is 0 Å². The van der Waals surface area contributed by atoms with E-state index in [9.17, 15) is 9.59 Å². The summed E-state index contributed by atoms with van der Waals surface area (Å²) in [5.41, 5.74) is 0. The van der Waals surface area contributed by atoms with Gasteiger partial charge in [-0.25, -0.2) is 4.79 Å². The normalized spacial score (nSPS) is 11.4. The van der Waals surface area contributed by atoms with Crippen LogP contribution in [-0.2, 0) is 19.1 Å². The molecule has 0 bridgehead atoms. The number of carbonyl (C=O) groups excluding carboxylic acids is 1. The molecule has 0 aromatic rings. The zero-order valence-corrected chi connectivity index (χ0v) is 9.73. The third kappa shape index (κ3) is 4.69. The standard InChI is InChI=1S/C10H18O5.Ga.3H/c1-6(2)14-10(8(5)11,9(12)13)15-7(3)4;;;;/h6-7H,1-5H3,(H,12,13);;;;. The van der Waals surface area contributed by atoms with Crippen LogP contribution in [-0.4, -0.2) is 54.6 Å². The summed E-state index contributed by atoms with van der Waals surface area (Å²) >= 11 is 0. The second-order valence-electron chi connectivity index (χ2n) is 3.81. The molecular formula is C10H21GaO5.